The van der Waals surface area contributed by atoms with Crippen molar-refractivity contribution in [3.05, 3.63) is 77.0 Å². The molecule has 0 spiro atoms. The van der Waals surface area contributed by atoms with Crippen LogP contribution in [0.15, 0.2) is 54.7 Å². The van der Waals surface area contributed by atoms with Gasteiger partial charge in [0.2, 0.25) is 5.91 Å². The van der Waals surface area contributed by atoms with Gasteiger partial charge in [-0.25, -0.2) is 4.98 Å². The predicted octanol–water partition coefficient (Wildman–Crippen LogP) is 4.81. The van der Waals surface area contributed by atoms with Crippen molar-refractivity contribution in [3.8, 4) is 11.1 Å². The summed E-state index contributed by atoms with van der Waals surface area (Å²) in [6.45, 7) is 8.27. The number of hydrogen-bond acceptors (Lipinski definition) is 5. The maximum Gasteiger partial charge on any atom is 0.228 e. The molecular weight excluding hydrogens is 412 g/mol. The first kappa shape index (κ1) is 25.7. The Labute approximate surface area is 196 Å². The van der Waals surface area contributed by atoms with Gasteiger partial charge in [0, 0.05) is 23.5 Å². The summed E-state index contributed by atoms with van der Waals surface area (Å²) in [5, 5.41) is 5.98. The third-order valence-corrected chi connectivity index (χ3v) is 5.24. The number of benzene rings is 2. The second-order valence-electron chi connectivity index (χ2n) is 8.19. The fourth-order valence-corrected chi connectivity index (χ4v) is 3.15. The Balaban J connectivity index is 0.000000696. The molecule has 0 bridgehead atoms. The smallest absolute Gasteiger partial charge is 0.228 e. The zero-order valence-electron chi connectivity index (χ0n) is 20.1. The number of nitrogens with two attached hydrogens (primary N) is 1. The molecule has 0 saturated heterocycles. The molecule has 0 atom stereocenters. The molecule has 0 saturated carbocycles. The number of anilines is 2. The number of aryl methyl sites for hydroxylation is 2. The van der Waals surface area contributed by atoms with Crippen molar-refractivity contribution in [2.75, 3.05) is 18.1 Å². The molecule has 1 aromatic heterocycles. The topological polar surface area (TPSA) is 97.1 Å². The van der Waals surface area contributed by atoms with Crippen molar-refractivity contribution in [1.82, 2.24) is 10.3 Å². The quantitative estimate of drug-likeness (QED) is 0.453. The zero-order valence-corrected chi connectivity index (χ0v) is 20.1. The summed E-state index contributed by atoms with van der Waals surface area (Å²) in [6.07, 6.45) is 3.62. The summed E-state index contributed by atoms with van der Waals surface area (Å²) in [5.41, 5.74) is 11.7. The molecule has 0 fully saturated rings. The molecule has 0 radical (unpaired) electrons. The maximum atomic E-state index is 12.4. The Morgan fingerprint density at radius 3 is 2.42 bits per heavy atom. The number of amides is 1. The number of rotatable bonds is 7. The fourth-order valence-electron chi connectivity index (χ4n) is 3.15. The first-order chi connectivity index (χ1) is 15.8. The van der Waals surface area contributed by atoms with Crippen LogP contribution in [-0.2, 0) is 17.6 Å². The van der Waals surface area contributed by atoms with Gasteiger partial charge in [0.15, 0.2) is 6.29 Å². The number of pyridine rings is 1. The van der Waals surface area contributed by atoms with E-state index in [1.165, 1.54) is 5.56 Å². The maximum absolute atomic E-state index is 12.4. The predicted molar refractivity (Wildman–Crippen MR) is 137 cm³/mol. The van der Waals surface area contributed by atoms with Gasteiger partial charge in [0.1, 0.15) is 5.82 Å². The summed E-state index contributed by atoms with van der Waals surface area (Å²) >= 11 is 0. The first-order valence-corrected chi connectivity index (χ1v) is 11.1. The van der Waals surface area contributed by atoms with E-state index in [-0.39, 0.29) is 11.7 Å². The van der Waals surface area contributed by atoms with Crippen LogP contribution in [0.2, 0.25) is 0 Å². The highest BCUT2D eigenvalue weighted by Crippen LogP contribution is 2.27. The van der Waals surface area contributed by atoms with E-state index in [1.54, 1.807) is 12.3 Å². The summed E-state index contributed by atoms with van der Waals surface area (Å²) in [5.74, 6) is 0.158. The van der Waals surface area contributed by atoms with E-state index >= 15 is 0 Å². The third kappa shape index (κ3) is 7.84. The average molecular weight is 447 g/mol. The lowest BCUT2D eigenvalue weighted by Crippen LogP contribution is -2.15. The lowest BCUT2D eigenvalue weighted by Gasteiger charge is -2.11. The van der Waals surface area contributed by atoms with Gasteiger partial charge in [-0.2, -0.15) is 0 Å². The molecule has 6 heteroatoms. The van der Waals surface area contributed by atoms with Crippen LogP contribution in [-0.4, -0.2) is 30.3 Å². The van der Waals surface area contributed by atoms with Crippen LogP contribution < -0.4 is 16.4 Å². The van der Waals surface area contributed by atoms with Crippen molar-refractivity contribution in [1.29, 1.82) is 0 Å². The van der Waals surface area contributed by atoms with Crippen LogP contribution in [0, 0.1) is 6.92 Å². The molecule has 2 aromatic carbocycles. The number of aromatic nitrogens is 1. The van der Waals surface area contributed by atoms with Crippen molar-refractivity contribution in [2.24, 2.45) is 0 Å². The van der Waals surface area contributed by atoms with E-state index in [0.717, 1.165) is 34.4 Å². The van der Waals surface area contributed by atoms with Crippen LogP contribution in [0.1, 0.15) is 47.8 Å². The number of aldehydes is 1. The second kappa shape index (κ2) is 12.5. The second-order valence-corrected chi connectivity index (χ2v) is 8.19. The Morgan fingerprint density at radius 1 is 1.12 bits per heavy atom. The monoisotopic (exact) mass is 446 g/mol. The minimum atomic E-state index is -0.0576. The Morgan fingerprint density at radius 2 is 1.82 bits per heavy atom. The molecule has 174 valence electrons. The van der Waals surface area contributed by atoms with E-state index in [0.29, 0.717) is 24.3 Å². The van der Waals surface area contributed by atoms with Crippen LogP contribution in [0.3, 0.4) is 0 Å². The molecule has 3 rings (SSSR count). The Hall–Kier alpha value is -3.51. The van der Waals surface area contributed by atoms with E-state index in [1.807, 2.05) is 44.3 Å². The van der Waals surface area contributed by atoms with E-state index < -0.39 is 0 Å². The van der Waals surface area contributed by atoms with E-state index in [9.17, 15) is 9.59 Å². The van der Waals surface area contributed by atoms with Crippen molar-refractivity contribution in [2.45, 2.75) is 46.6 Å². The van der Waals surface area contributed by atoms with Crippen LogP contribution in [0.25, 0.3) is 11.1 Å². The van der Waals surface area contributed by atoms with Crippen molar-refractivity contribution in [3.63, 3.8) is 0 Å². The molecule has 3 aromatic rings. The number of nitrogens with zero attached hydrogens (tertiary/aromatic N) is 1. The number of carbonyl (C=O) groups is 2. The highest BCUT2D eigenvalue weighted by atomic mass is 16.1. The molecule has 0 unspecified atom stereocenters. The number of nitrogen functional groups attached to an aromatic ring is 1. The highest BCUT2D eigenvalue weighted by molar-refractivity contribution is 5.93. The molecule has 0 aliphatic heterocycles. The van der Waals surface area contributed by atoms with Gasteiger partial charge >= 0.3 is 0 Å². The number of carbonyl (C=O) groups excluding carboxylic acids is 2. The largest absolute Gasteiger partial charge is 0.383 e. The molecule has 0 aliphatic carbocycles. The van der Waals surface area contributed by atoms with E-state index in [2.05, 4.69) is 48.5 Å². The average Bonchev–Trinajstić information content (AvgIpc) is 2.80. The van der Waals surface area contributed by atoms with Crippen molar-refractivity contribution < 1.29 is 9.59 Å². The third-order valence-electron chi connectivity index (χ3n) is 5.24. The standard InChI is InChI=1S/C23H23N3O2.C4H11N/c1-3-16-5-4-6-17(10-16)11-22(28)26-20-7-8-21(15(2)9-20)18-12-19(14-27)23(24)25-13-18;1-4(2)5-3/h4-10,12-14H,3,11H2,1-2H3,(H2,24,25)(H,26,28);4-5H,1-3H3. The minimum absolute atomic E-state index is 0.0576. The lowest BCUT2D eigenvalue weighted by atomic mass is 10.00. The Bertz CT molecular complexity index is 1090. The Kier molecular flexibility index (Phi) is 9.76. The van der Waals surface area contributed by atoms with Crippen molar-refractivity contribution >= 4 is 23.7 Å². The molecule has 0 aliphatic rings. The first-order valence-electron chi connectivity index (χ1n) is 11.1. The lowest BCUT2D eigenvalue weighted by molar-refractivity contribution is -0.115. The fraction of sp³-hybridized carbons (Fsp3) is 0.296. The van der Waals surface area contributed by atoms with Crippen LogP contribution in [0.5, 0.6) is 0 Å². The van der Waals surface area contributed by atoms with Gasteiger partial charge in [-0.3, -0.25) is 9.59 Å². The normalized spacial score (nSPS) is 10.4. The van der Waals surface area contributed by atoms with Gasteiger partial charge in [0.05, 0.1) is 12.0 Å². The van der Waals surface area contributed by atoms with Crippen LogP contribution in [0.4, 0.5) is 11.5 Å². The molecular formula is C27H34N4O2. The molecule has 33 heavy (non-hydrogen) atoms. The molecule has 1 heterocycles. The SMILES string of the molecule is CCc1cccc(CC(=O)Nc2ccc(-c3cnc(N)c(C=O)c3)c(C)c2)c1.CNC(C)C. The summed E-state index contributed by atoms with van der Waals surface area (Å²) in [4.78, 5) is 27.6. The number of nitrogens with one attached hydrogen (secondary N) is 2. The summed E-state index contributed by atoms with van der Waals surface area (Å²) in [6, 6.07) is 16.1. The molecule has 1 amide bonds. The van der Waals surface area contributed by atoms with Gasteiger partial charge in [-0.1, -0.05) is 51.1 Å². The highest BCUT2D eigenvalue weighted by Gasteiger charge is 2.09. The summed E-state index contributed by atoms with van der Waals surface area (Å²) < 4.78 is 0. The van der Waals surface area contributed by atoms with Gasteiger partial charge < -0.3 is 16.4 Å². The molecule has 6 nitrogen and oxygen atoms in total. The van der Waals surface area contributed by atoms with Crippen LogP contribution >= 0.6 is 0 Å². The zero-order chi connectivity index (χ0) is 24.4. The number of hydrogen-bond donors (Lipinski definition) is 3. The molecule has 4 N–H and O–H groups in total. The van der Waals surface area contributed by atoms with E-state index in [4.69, 9.17) is 5.73 Å². The minimum Gasteiger partial charge on any atom is -0.383 e. The van der Waals surface area contributed by atoms with Gasteiger partial charge in [-0.15, -0.1) is 0 Å². The van der Waals surface area contributed by atoms with Gasteiger partial charge in [0.25, 0.3) is 0 Å². The summed E-state index contributed by atoms with van der Waals surface area (Å²) in [7, 11) is 1.95. The van der Waals surface area contributed by atoms with Gasteiger partial charge in [-0.05, 0) is 60.8 Å².